The van der Waals surface area contributed by atoms with E-state index in [0.29, 0.717) is 15.2 Å². The van der Waals surface area contributed by atoms with Gasteiger partial charge in [-0.1, -0.05) is 59.5 Å². The summed E-state index contributed by atoms with van der Waals surface area (Å²) >= 11 is 5.74. The van der Waals surface area contributed by atoms with E-state index in [1.165, 1.54) is 23.1 Å². The normalized spacial score (nSPS) is 12.7. The third-order valence-corrected chi connectivity index (χ3v) is 8.11. The maximum Gasteiger partial charge on any atom is 0.272 e. The molecule has 2 aromatic heterocycles. The molecule has 7 nitrogen and oxygen atoms in total. The van der Waals surface area contributed by atoms with Crippen LogP contribution >= 0.6 is 46.6 Å². The van der Waals surface area contributed by atoms with E-state index in [2.05, 4.69) is 15.5 Å². The highest BCUT2D eigenvalue weighted by atomic mass is 32.2. The fourth-order valence-corrected chi connectivity index (χ4v) is 6.36. The molecule has 11 heteroatoms. The molecule has 0 spiro atoms. The largest absolute Gasteiger partial charge is 0.300 e. The second-order valence-electron chi connectivity index (χ2n) is 6.39. The second-order valence-corrected chi connectivity index (χ2v) is 10.9. The van der Waals surface area contributed by atoms with Crippen LogP contribution in [-0.2, 0) is 11.2 Å². The Kier molecular flexibility index (Phi) is 6.81. The number of thioether (sulfide) groups is 3. The van der Waals surface area contributed by atoms with Gasteiger partial charge < -0.3 is 0 Å². The molecule has 1 N–H and O–H groups in total. The zero-order valence-electron chi connectivity index (χ0n) is 16.4. The van der Waals surface area contributed by atoms with Crippen LogP contribution in [0.1, 0.15) is 18.2 Å². The Morgan fingerprint density at radius 1 is 1.23 bits per heavy atom. The minimum atomic E-state index is -0.205. The first kappa shape index (κ1) is 21.4. The topological polar surface area (TPSA) is 89.8 Å². The molecule has 0 saturated carbocycles. The number of carbonyl (C=O) groups is 1. The molecule has 3 aromatic rings. The zero-order valence-corrected chi connectivity index (χ0v) is 19.6. The number of benzene rings is 1. The predicted molar refractivity (Wildman–Crippen MR) is 125 cm³/mol. The van der Waals surface area contributed by atoms with Gasteiger partial charge in [0.05, 0.1) is 22.0 Å². The van der Waals surface area contributed by atoms with Crippen LogP contribution in [0.5, 0.6) is 0 Å². The maximum absolute atomic E-state index is 13.1. The first-order chi connectivity index (χ1) is 14.5. The van der Waals surface area contributed by atoms with Crippen LogP contribution < -0.4 is 10.9 Å². The number of fused-ring (bicyclic) bond motifs is 1. The van der Waals surface area contributed by atoms with Crippen LogP contribution in [0.3, 0.4) is 0 Å². The van der Waals surface area contributed by atoms with Gasteiger partial charge in [0.25, 0.3) is 5.56 Å². The lowest BCUT2D eigenvalue weighted by molar-refractivity contribution is -0.113. The molecule has 0 saturated heterocycles. The van der Waals surface area contributed by atoms with E-state index >= 15 is 0 Å². The van der Waals surface area contributed by atoms with E-state index in [0.717, 1.165) is 39.2 Å². The van der Waals surface area contributed by atoms with Crippen LogP contribution in [0.4, 0.5) is 5.13 Å². The average Bonchev–Trinajstić information content (AvgIpc) is 3.37. The van der Waals surface area contributed by atoms with E-state index in [9.17, 15) is 9.59 Å². The fourth-order valence-electron chi connectivity index (χ4n) is 2.84. The molecule has 0 radical (unpaired) electrons. The van der Waals surface area contributed by atoms with Gasteiger partial charge in [-0.2, -0.15) is 0 Å². The molecule has 156 valence electrons. The van der Waals surface area contributed by atoms with E-state index in [-0.39, 0.29) is 17.2 Å². The zero-order chi connectivity index (χ0) is 21.1. The second kappa shape index (κ2) is 9.54. The summed E-state index contributed by atoms with van der Waals surface area (Å²) in [6.07, 6.45) is 0.770. The summed E-state index contributed by atoms with van der Waals surface area (Å²) in [4.78, 5) is 31.0. The van der Waals surface area contributed by atoms with Gasteiger partial charge in [-0.25, -0.2) is 4.98 Å². The van der Waals surface area contributed by atoms with Crippen molar-refractivity contribution in [3.8, 4) is 5.69 Å². The van der Waals surface area contributed by atoms with Crippen molar-refractivity contribution >= 4 is 57.7 Å². The quantitative estimate of drug-likeness (QED) is 0.311. The fraction of sp³-hybridized carbons (Fsp3) is 0.316. The molecule has 30 heavy (non-hydrogen) atoms. The van der Waals surface area contributed by atoms with Crippen LogP contribution in [0, 0.1) is 6.92 Å². The molecular weight excluding hydrogens is 459 g/mol. The van der Waals surface area contributed by atoms with Crippen molar-refractivity contribution in [2.24, 2.45) is 0 Å². The Hall–Kier alpha value is -1.82. The standard InChI is InChI=1S/C19H19N5O2S4/c1-3-27-19-23-22-17(30-19)21-14(25)10-29-18-20-13-8-9-28-15(13)16(26)24(18)12-6-4-11(2)5-7-12/h4-7H,3,8-10H2,1-2H3,(H,21,22,25). The first-order valence-electron chi connectivity index (χ1n) is 9.30. The molecule has 1 aromatic carbocycles. The molecule has 4 rings (SSSR count). The van der Waals surface area contributed by atoms with Crippen molar-refractivity contribution in [2.45, 2.75) is 34.7 Å². The van der Waals surface area contributed by atoms with E-state index in [1.54, 1.807) is 28.1 Å². The predicted octanol–water partition coefficient (Wildman–Crippen LogP) is 3.88. The number of anilines is 1. The number of aryl methyl sites for hydroxylation is 2. The lowest BCUT2D eigenvalue weighted by Gasteiger charge is -2.13. The van der Waals surface area contributed by atoms with Crippen LogP contribution in [0.2, 0.25) is 0 Å². The molecule has 0 bridgehead atoms. The van der Waals surface area contributed by atoms with Crippen molar-refractivity contribution in [1.29, 1.82) is 0 Å². The lowest BCUT2D eigenvalue weighted by atomic mass is 10.2. The van der Waals surface area contributed by atoms with Gasteiger partial charge in [-0.15, -0.1) is 22.0 Å². The van der Waals surface area contributed by atoms with Gasteiger partial charge >= 0.3 is 0 Å². The summed E-state index contributed by atoms with van der Waals surface area (Å²) in [5.41, 5.74) is 2.62. The summed E-state index contributed by atoms with van der Waals surface area (Å²) in [5, 5.41) is 11.8. The summed E-state index contributed by atoms with van der Waals surface area (Å²) in [5.74, 6) is 1.68. The van der Waals surface area contributed by atoms with E-state index in [1.807, 2.05) is 38.1 Å². The number of hydrogen-bond donors (Lipinski definition) is 1. The number of amides is 1. The lowest BCUT2D eigenvalue weighted by Crippen LogP contribution is -2.24. The number of hydrogen-bond acceptors (Lipinski definition) is 9. The number of nitrogens with one attached hydrogen (secondary N) is 1. The van der Waals surface area contributed by atoms with Gasteiger partial charge in [-0.3, -0.25) is 19.5 Å². The summed E-state index contributed by atoms with van der Waals surface area (Å²) in [6, 6.07) is 7.74. The van der Waals surface area contributed by atoms with Gasteiger partial charge in [0.1, 0.15) is 0 Å². The summed E-state index contributed by atoms with van der Waals surface area (Å²) < 4.78 is 2.43. The first-order valence-corrected chi connectivity index (χ1v) is 13.1. The molecule has 0 aliphatic carbocycles. The van der Waals surface area contributed by atoms with Crippen molar-refractivity contribution in [3.63, 3.8) is 0 Å². The Bertz CT molecular complexity index is 1130. The Labute approximate surface area is 190 Å². The highest BCUT2D eigenvalue weighted by molar-refractivity contribution is 8.01. The number of nitrogens with zero attached hydrogens (tertiary/aromatic N) is 4. The Morgan fingerprint density at radius 2 is 2.03 bits per heavy atom. The molecule has 0 atom stereocenters. The van der Waals surface area contributed by atoms with Gasteiger partial charge in [-0.05, 0) is 24.8 Å². The molecule has 1 aliphatic heterocycles. The Balaban J connectivity index is 1.55. The third kappa shape index (κ3) is 4.74. The van der Waals surface area contributed by atoms with E-state index < -0.39 is 0 Å². The highest BCUT2D eigenvalue weighted by Crippen LogP contribution is 2.30. The highest BCUT2D eigenvalue weighted by Gasteiger charge is 2.23. The number of carbonyl (C=O) groups excluding carboxylic acids is 1. The van der Waals surface area contributed by atoms with Crippen LogP contribution in [0.15, 0.2) is 43.5 Å². The maximum atomic E-state index is 13.1. The number of aromatic nitrogens is 4. The molecule has 0 unspecified atom stereocenters. The van der Waals surface area contributed by atoms with Gasteiger partial charge in [0.15, 0.2) is 9.50 Å². The van der Waals surface area contributed by atoms with Gasteiger partial charge in [0.2, 0.25) is 11.0 Å². The minimum absolute atomic E-state index is 0.0698. The SMILES string of the molecule is CCSc1nnc(NC(=O)CSc2nc3c(c(=O)n2-c2ccc(C)cc2)SCC3)s1. The van der Waals surface area contributed by atoms with Crippen molar-refractivity contribution in [1.82, 2.24) is 19.7 Å². The summed E-state index contributed by atoms with van der Waals surface area (Å²) in [7, 11) is 0. The van der Waals surface area contributed by atoms with Crippen molar-refractivity contribution in [2.75, 3.05) is 22.6 Å². The smallest absolute Gasteiger partial charge is 0.272 e. The van der Waals surface area contributed by atoms with Gasteiger partial charge in [0, 0.05) is 12.2 Å². The van der Waals surface area contributed by atoms with Crippen LogP contribution in [-0.4, -0.2) is 42.9 Å². The molecular formula is C19H19N5O2S4. The minimum Gasteiger partial charge on any atom is -0.300 e. The monoisotopic (exact) mass is 477 g/mol. The molecule has 1 aliphatic rings. The van der Waals surface area contributed by atoms with Crippen molar-refractivity contribution in [3.05, 3.63) is 45.9 Å². The van der Waals surface area contributed by atoms with E-state index in [4.69, 9.17) is 4.98 Å². The third-order valence-electron chi connectivity index (χ3n) is 4.21. The number of rotatable bonds is 7. The summed E-state index contributed by atoms with van der Waals surface area (Å²) in [6.45, 7) is 4.04. The van der Waals surface area contributed by atoms with Crippen molar-refractivity contribution < 1.29 is 4.79 Å². The average molecular weight is 478 g/mol. The molecule has 0 fully saturated rings. The molecule has 3 heterocycles. The molecule has 1 amide bonds. The Morgan fingerprint density at radius 3 is 2.80 bits per heavy atom. The van der Waals surface area contributed by atoms with Crippen LogP contribution in [0.25, 0.3) is 5.69 Å².